The van der Waals surface area contributed by atoms with Crippen LogP contribution in [0.5, 0.6) is 0 Å². The maximum atomic E-state index is 13.2. The number of piperazine rings is 1. The Kier molecular flexibility index (Phi) is 5.99. The van der Waals surface area contributed by atoms with Gasteiger partial charge in [0, 0.05) is 49.3 Å². The minimum Gasteiger partial charge on any atom is -0.340 e. The summed E-state index contributed by atoms with van der Waals surface area (Å²) in [4.78, 5) is 37.7. The summed E-state index contributed by atoms with van der Waals surface area (Å²) in [5.74, 6) is 0.264. The number of halogens is 1. The van der Waals surface area contributed by atoms with Gasteiger partial charge in [0.25, 0.3) is 5.56 Å². The number of nitrogens with zero attached hydrogens (tertiary/aromatic N) is 3. The summed E-state index contributed by atoms with van der Waals surface area (Å²) in [5, 5.41) is 0. The van der Waals surface area contributed by atoms with Gasteiger partial charge in [-0.05, 0) is 63.8 Å². The highest BCUT2D eigenvalue weighted by Crippen LogP contribution is 2.25. The number of hydrogen-bond acceptors (Lipinski definition) is 4. The first-order valence-electron chi connectivity index (χ1n) is 10.8. The van der Waals surface area contributed by atoms with E-state index in [0.29, 0.717) is 48.7 Å². The molecular formula is C23H29FN4O2. The Bertz CT molecular complexity index is 962. The lowest BCUT2D eigenvalue weighted by atomic mass is 9.97. The maximum Gasteiger partial charge on any atom is 0.254 e. The van der Waals surface area contributed by atoms with Crippen LogP contribution in [0.1, 0.15) is 37.9 Å². The Hall–Kier alpha value is -2.54. The van der Waals surface area contributed by atoms with Crippen LogP contribution in [-0.4, -0.2) is 57.9 Å². The summed E-state index contributed by atoms with van der Waals surface area (Å²) in [5.41, 5.74) is 1.97. The first-order chi connectivity index (χ1) is 14.4. The minimum absolute atomic E-state index is 0.0709. The van der Waals surface area contributed by atoms with E-state index in [1.165, 1.54) is 12.1 Å². The van der Waals surface area contributed by atoms with Gasteiger partial charge in [0.2, 0.25) is 5.91 Å². The number of aromatic amines is 1. The van der Waals surface area contributed by atoms with Crippen LogP contribution in [0, 0.1) is 11.7 Å². The Morgan fingerprint density at radius 2 is 1.77 bits per heavy atom. The molecular weight excluding hydrogens is 383 g/mol. The molecule has 2 heterocycles. The van der Waals surface area contributed by atoms with Crippen molar-refractivity contribution in [2.45, 2.75) is 45.6 Å². The Morgan fingerprint density at radius 3 is 2.43 bits per heavy atom. The lowest BCUT2D eigenvalue weighted by Gasteiger charge is -2.38. The highest BCUT2D eigenvalue weighted by Gasteiger charge is 2.30. The number of carbonyl (C=O) groups is 1. The van der Waals surface area contributed by atoms with Gasteiger partial charge in [-0.15, -0.1) is 0 Å². The van der Waals surface area contributed by atoms with Crippen molar-refractivity contribution in [3.8, 4) is 11.4 Å². The third-order valence-corrected chi connectivity index (χ3v) is 6.40. The lowest BCUT2D eigenvalue weighted by molar-refractivity contribution is -0.138. The van der Waals surface area contributed by atoms with Gasteiger partial charge in [-0.25, -0.2) is 9.37 Å². The quantitative estimate of drug-likeness (QED) is 0.787. The van der Waals surface area contributed by atoms with Crippen LogP contribution in [0.25, 0.3) is 11.4 Å². The molecule has 0 spiro atoms. The lowest BCUT2D eigenvalue weighted by Crippen LogP contribution is -2.52. The second kappa shape index (κ2) is 8.68. The fraction of sp³-hybridized carbons (Fsp3) is 0.522. The molecule has 2 aromatic rings. The van der Waals surface area contributed by atoms with Gasteiger partial charge < -0.3 is 9.88 Å². The average Bonchev–Trinajstić information content (AvgIpc) is 2.97. The summed E-state index contributed by atoms with van der Waals surface area (Å²) in [6, 6.07) is 6.44. The normalized spacial score (nSPS) is 20.1. The molecule has 2 aliphatic rings. The molecule has 160 valence electrons. The standard InChI is InChI=1S/C23H29FN4O2/c1-15(2)27-11-13-28(14-12-27)23(30)17-5-9-19-20(10-6-17)25-21(26-22(19)29)16-3-7-18(24)8-4-16/h3-4,7-8,15,17H,5-6,9-14H2,1-2H3,(H,25,26,29). The number of rotatable bonds is 3. The molecule has 30 heavy (non-hydrogen) atoms. The monoisotopic (exact) mass is 412 g/mol. The van der Waals surface area contributed by atoms with Gasteiger partial charge in [0.15, 0.2) is 0 Å². The molecule has 6 nitrogen and oxygen atoms in total. The molecule has 4 rings (SSSR count). The molecule has 1 aliphatic heterocycles. The first kappa shape index (κ1) is 20.7. The summed E-state index contributed by atoms with van der Waals surface area (Å²) in [6.45, 7) is 7.74. The zero-order valence-corrected chi connectivity index (χ0v) is 17.7. The number of amides is 1. The summed E-state index contributed by atoms with van der Waals surface area (Å²) < 4.78 is 13.2. The maximum absolute atomic E-state index is 13.2. The third-order valence-electron chi connectivity index (χ3n) is 6.40. The number of aryl methyl sites for hydroxylation is 1. The molecule has 1 fully saturated rings. The van der Waals surface area contributed by atoms with Crippen LogP contribution < -0.4 is 5.56 Å². The molecule has 1 saturated heterocycles. The predicted molar refractivity (Wildman–Crippen MR) is 114 cm³/mol. The fourth-order valence-corrected chi connectivity index (χ4v) is 4.49. The number of H-pyrrole nitrogens is 1. The van der Waals surface area contributed by atoms with Gasteiger partial charge >= 0.3 is 0 Å². The van der Waals surface area contributed by atoms with E-state index in [-0.39, 0.29) is 23.2 Å². The van der Waals surface area contributed by atoms with Crippen LogP contribution >= 0.6 is 0 Å². The molecule has 1 amide bonds. The zero-order valence-electron chi connectivity index (χ0n) is 17.7. The molecule has 1 N–H and O–H groups in total. The van der Waals surface area contributed by atoms with E-state index in [9.17, 15) is 14.0 Å². The van der Waals surface area contributed by atoms with Gasteiger partial charge in [-0.1, -0.05) is 0 Å². The van der Waals surface area contributed by atoms with E-state index in [4.69, 9.17) is 0 Å². The Morgan fingerprint density at radius 1 is 1.10 bits per heavy atom. The molecule has 0 saturated carbocycles. The number of fused-ring (bicyclic) bond motifs is 1. The molecule has 1 unspecified atom stereocenters. The van der Waals surface area contributed by atoms with Crippen molar-refractivity contribution in [3.05, 3.63) is 51.7 Å². The summed E-state index contributed by atoms with van der Waals surface area (Å²) in [7, 11) is 0. The van der Waals surface area contributed by atoms with E-state index in [0.717, 1.165) is 31.9 Å². The second-order valence-corrected chi connectivity index (χ2v) is 8.58. The molecule has 1 aromatic heterocycles. The highest BCUT2D eigenvalue weighted by atomic mass is 19.1. The molecule has 1 aromatic carbocycles. The van der Waals surface area contributed by atoms with Gasteiger partial charge in [0.05, 0.1) is 5.69 Å². The number of aromatic nitrogens is 2. The number of hydrogen-bond donors (Lipinski definition) is 1. The largest absolute Gasteiger partial charge is 0.340 e. The first-order valence-corrected chi connectivity index (χ1v) is 10.8. The summed E-state index contributed by atoms with van der Waals surface area (Å²) >= 11 is 0. The van der Waals surface area contributed by atoms with E-state index in [1.54, 1.807) is 12.1 Å². The molecule has 0 radical (unpaired) electrons. The smallest absolute Gasteiger partial charge is 0.254 e. The van der Waals surface area contributed by atoms with Crippen molar-refractivity contribution in [2.75, 3.05) is 26.2 Å². The fourth-order valence-electron chi connectivity index (χ4n) is 4.49. The predicted octanol–water partition coefficient (Wildman–Crippen LogP) is 2.62. The van der Waals surface area contributed by atoms with Crippen LogP contribution in [0.3, 0.4) is 0 Å². The van der Waals surface area contributed by atoms with Gasteiger partial charge in [-0.2, -0.15) is 0 Å². The Balaban J connectivity index is 1.47. The number of nitrogens with one attached hydrogen (secondary N) is 1. The minimum atomic E-state index is -0.327. The van der Waals surface area contributed by atoms with Crippen LogP contribution in [0.4, 0.5) is 4.39 Å². The van der Waals surface area contributed by atoms with E-state index in [2.05, 4.69) is 28.7 Å². The second-order valence-electron chi connectivity index (χ2n) is 8.58. The molecule has 1 aliphatic carbocycles. The summed E-state index contributed by atoms with van der Waals surface area (Å²) in [6.07, 6.45) is 2.55. The topological polar surface area (TPSA) is 69.3 Å². The zero-order chi connectivity index (χ0) is 21.3. The van der Waals surface area contributed by atoms with Crippen molar-refractivity contribution < 1.29 is 9.18 Å². The average molecular weight is 413 g/mol. The van der Waals surface area contributed by atoms with Crippen LogP contribution in [0.2, 0.25) is 0 Å². The number of carbonyl (C=O) groups excluding carboxylic acids is 1. The van der Waals surface area contributed by atoms with Crippen molar-refractivity contribution in [1.29, 1.82) is 0 Å². The van der Waals surface area contributed by atoms with Crippen molar-refractivity contribution in [3.63, 3.8) is 0 Å². The van der Waals surface area contributed by atoms with Crippen molar-refractivity contribution in [2.24, 2.45) is 5.92 Å². The highest BCUT2D eigenvalue weighted by molar-refractivity contribution is 5.79. The van der Waals surface area contributed by atoms with Gasteiger partial charge in [-0.3, -0.25) is 14.5 Å². The van der Waals surface area contributed by atoms with Crippen molar-refractivity contribution in [1.82, 2.24) is 19.8 Å². The SMILES string of the molecule is CC(C)N1CCN(C(=O)C2CCc3nc(-c4ccc(F)cc4)[nH]c(=O)c3CC2)CC1. The molecule has 1 atom stereocenters. The molecule has 0 bridgehead atoms. The van der Waals surface area contributed by atoms with Crippen molar-refractivity contribution >= 4 is 5.91 Å². The van der Waals surface area contributed by atoms with Gasteiger partial charge in [0.1, 0.15) is 11.6 Å². The van der Waals surface area contributed by atoms with E-state index >= 15 is 0 Å². The van der Waals surface area contributed by atoms with Crippen LogP contribution in [-0.2, 0) is 17.6 Å². The Labute approximate surface area is 176 Å². The molecule has 7 heteroatoms. The van der Waals surface area contributed by atoms with E-state index < -0.39 is 0 Å². The van der Waals surface area contributed by atoms with E-state index in [1.807, 2.05) is 4.90 Å². The third kappa shape index (κ3) is 4.31. The van der Waals surface area contributed by atoms with Crippen LogP contribution in [0.15, 0.2) is 29.1 Å². The number of benzene rings is 1.